The van der Waals surface area contributed by atoms with Crippen molar-refractivity contribution >= 4 is 15.6 Å². The van der Waals surface area contributed by atoms with E-state index in [9.17, 15) is 13.2 Å². The van der Waals surface area contributed by atoms with Crippen LogP contribution in [0.3, 0.4) is 0 Å². The van der Waals surface area contributed by atoms with Crippen LogP contribution in [0.1, 0.15) is 47.0 Å². The molecule has 0 aliphatic heterocycles. The van der Waals surface area contributed by atoms with Gasteiger partial charge in [-0.25, -0.2) is 8.42 Å². The van der Waals surface area contributed by atoms with Crippen LogP contribution in [0.5, 0.6) is 0 Å². The lowest BCUT2D eigenvalue weighted by Gasteiger charge is -2.41. The second kappa shape index (κ2) is 7.24. The third-order valence-electron chi connectivity index (χ3n) is 3.76. The van der Waals surface area contributed by atoms with E-state index in [1.807, 2.05) is 27.7 Å². The molecule has 0 N–H and O–H groups in total. The Hall–Kier alpha value is -0.420. The van der Waals surface area contributed by atoms with Crippen molar-refractivity contribution in [3.05, 3.63) is 0 Å². The quantitative estimate of drug-likeness (QED) is 0.646. The van der Waals surface area contributed by atoms with E-state index in [2.05, 4.69) is 4.90 Å². The molecule has 0 rings (SSSR count). The van der Waals surface area contributed by atoms with Gasteiger partial charge in [-0.2, -0.15) is 0 Å². The summed E-state index contributed by atoms with van der Waals surface area (Å²) in [4.78, 5) is 14.6. The molecular weight excluding hydrogens is 250 g/mol. The van der Waals surface area contributed by atoms with Crippen molar-refractivity contribution < 1.29 is 13.2 Å². The number of nitrogens with zero attached hydrogens (tertiary/aromatic N) is 1. The number of Topliss-reactive ketones (excluding diaryl/α,β-unsaturated/α-hetero) is 1. The van der Waals surface area contributed by atoms with Gasteiger partial charge in [-0.3, -0.25) is 9.69 Å². The molecule has 0 unspecified atom stereocenters. The molecule has 0 saturated heterocycles. The molecule has 0 aromatic carbocycles. The molecule has 0 aliphatic carbocycles. The third kappa shape index (κ3) is 4.35. The molecule has 0 bridgehead atoms. The zero-order valence-electron chi connectivity index (χ0n) is 12.3. The Balaban J connectivity index is 5.04. The van der Waals surface area contributed by atoms with Gasteiger partial charge in [0.15, 0.2) is 5.78 Å². The van der Waals surface area contributed by atoms with Crippen molar-refractivity contribution in [2.24, 2.45) is 0 Å². The van der Waals surface area contributed by atoms with E-state index in [0.29, 0.717) is 0 Å². The van der Waals surface area contributed by atoms with Crippen molar-refractivity contribution in [2.75, 3.05) is 25.1 Å². The molecule has 0 heterocycles. The van der Waals surface area contributed by atoms with Crippen molar-refractivity contribution in [2.45, 2.75) is 52.5 Å². The number of rotatable bonds is 9. The Kier molecular flexibility index (Phi) is 7.07. The molecule has 0 aromatic heterocycles. The number of likely N-dealkylation sites (N-methyl/N-ethyl adjacent to an activating group) is 1. The molecule has 18 heavy (non-hydrogen) atoms. The molecule has 0 amide bonds. The topological polar surface area (TPSA) is 54.5 Å². The Morgan fingerprint density at radius 1 is 1.06 bits per heavy atom. The number of carbonyl (C=O) groups is 1. The fourth-order valence-corrected chi connectivity index (χ4v) is 3.16. The van der Waals surface area contributed by atoms with E-state index in [0.717, 1.165) is 25.9 Å². The highest BCUT2D eigenvalue weighted by Gasteiger charge is 2.38. The van der Waals surface area contributed by atoms with Crippen LogP contribution in [0.4, 0.5) is 0 Å². The molecule has 0 aliphatic rings. The fourth-order valence-electron chi connectivity index (χ4n) is 2.61. The normalized spacial score (nSPS) is 13.0. The zero-order valence-corrected chi connectivity index (χ0v) is 13.1. The van der Waals surface area contributed by atoms with Crippen LogP contribution >= 0.6 is 0 Å². The summed E-state index contributed by atoms with van der Waals surface area (Å²) in [6.45, 7) is 9.69. The number of sulfone groups is 1. The van der Waals surface area contributed by atoms with Crippen LogP contribution in [0.15, 0.2) is 0 Å². The van der Waals surface area contributed by atoms with Crippen LogP contribution in [0, 0.1) is 0 Å². The molecule has 0 fully saturated rings. The first-order valence-corrected chi connectivity index (χ1v) is 8.79. The number of hydrogen-bond donors (Lipinski definition) is 0. The molecule has 5 heteroatoms. The van der Waals surface area contributed by atoms with Gasteiger partial charge in [0.25, 0.3) is 0 Å². The van der Waals surface area contributed by atoms with Gasteiger partial charge in [0.05, 0.1) is 11.3 Å². The summed E-state index contributed by atoms with van der Waals surface area (Å²) >= 11 is 0. The maximum Gasteiger partial charge on any atom is 0.154 e. The average Bonchev–Trinajstić information content (AvgIpc) is 2.32. The van der Waals surface area contributed by atoms with Crippen LogP contribution in [0.2, 0.25) is 0 Å². The van der Waals surface area contributed by atoms with Crippen molar-refractivity contribution in [1.29, 1.82) is 0 Å². The lowest BCUT2D eigenvalue weighted by atomic mass is 9.84. The fraction of sp³-hybridized carbons (Fsp3) is 0.923. The predicted molar refractivity (Wildman–Crippen MR) is 75.6 cm³/mol. The highest BCUT2D eigenvalue weighted by Crippen LogP contribution is 2.26. The van der Waals surface area contributed by atoms with Gasteiger partial charge >= 0.3 is 0 Å². The standard InChI is InChI=1S/C13H27NO3S/c1-6-13(7-2,14(8-3)9-4)12(15)10-11-18(5,16)17/h6-11H2,1-5H3. The van der Waals surface area contributed by atoms with Crippen molar-refractivity contribution in [3.63, 3.8) is 0 Å². The van der Waals surface area contributed by atoms with Crippen LogP contribution in [-0.2, 0) is 14.6 Å². The third-order valence-corrected chi connectivity index (χ3v) is 4.70. The van der Waals surface area contributed by atoms with Crippen LogP contribution in [-0.4, -0.2) is 49.7 Å². The SMILES string of the molecule is CCN(CC)C(CC)(CC)C(=O)CCS(C)(=O)=O. The van der Waals surface area contributed by atoms with Gasteiger partial charge in [0, 0.05) is 12.7 Å². The number of hydrogen-bond acceptors (Lipinski definition) is 4. The minimum absolute atomic E-state index is 0.0468. The Morgan fingerprint density at radius 3 is 1.78 bits per heavy atom. The van der Waals surface area contributed by atoms with Crippen molar-refractivity contribution in [1.82, 2.24) is 4.90 Å². The Morgan fingerprint density at radius 2 is 1.50 bits per heavy atom. The number of ketones is 1. The molecule has 0 aromatic rings. The monoisotopic (exact) mass is 277 g/mol. The van der Waals surface area contributed by atoms with Crippen molar-refractivity contribution in [3.8, 4) is 0 Å². The first-order valence-electron chi connectivity index (χ1n) is 6.73. The van der Waals surface area contributed by atoms with E-state index in [1.54, 1.807) is 0 Å². The largest absolute Gasteiger partial charge is 0.298 e. The van der Waals surface area contributed by atoms with E-state index >= 15 is 0 Å². The smallest absolute Gasteiger partial charge is 0.154 e. The predicted octanol–water partition coefficient (Wildman–Crippen LogP) is 1.89. The lowest BCUT2D eigenvalue weighted by molar-refractivity contribution is -0.131. The first kappa shape index (κ1) is 17.6. The van der Waals surface area contributed by atoms with E-state index in [4.69, 9.17) is 0 Å². The Labute approximate surface area is 112 Å². The van der Waals surface area contributed by atoms with Crippen LogP contribution in [0.25, 0.3) is 0 Å². The lowest BCUT2D eigenvalue weighted by Crippen LogP contribution is -2.54. The van der Waals surface area contributed by atoms with Gasteiger partial charge in [-0.15, -0.1) is 0 Å². The second-order valence-electron chi connectivity index (χ2n) is 4.71. The molecule has 0 atom stereocenters. The maximum absolute atomic E-state index is 12.4. The average molecular weight is 277 g/mol. The minimum Gasteiger partial charge on any atom is -0.298 e. The molecule has 0 radical (unpaired) electrons. The minimum atomic E-state index is -3.07. The second-order valence-corrected chi connectivity index (χ2v) is 6.97. The first-order chi connectivity index (χ1) is 8.27. The van der Waals surface area contributed by atoms with Crippen LogP contribution < -0.4 is 0 Å². The summed E-state index contributed by atoms with van der Waals surface area (Å²) < 4.78 is 22.4. The highest BCUT2D eigenvalue weighted by molar-refractivity contribution is 7.90. The van der Waals surface area contributed by atoms with E-state index < -0.39 is 15.4 Å². The van der Waals surface area contributed by atoms with Gasteiger partial charge in [0.2, 0.25) is 0 Å². The summed E-state index contributed by atoms with van der Waals surface area (Å²) in [5.41, 5.74) is -0.492. The summed E-state index contributed by atoms with van der Waals surface area (Å²) in [5, 5.41) is 0. The van der Waals surface area contributed by atoms with E-state index in [-0.39, 0.29) is 18.0 Å². The summed E-state index contributed by atoms with van der Waals surface area (Å²) in [6.07, 6.45) is 2.76. The molecular formula is C13H27NO3S. The number of carbonyl (C=O) groups excluding carboxylic acids is 1. The Bertz CT molecular complexity index is 354. The van der Waals surface area contributed by atoms with Gasteiger partial charge in [0.1, 0.15) is 9.84 Å². The van der Waals surface area contributed by atoms with Gasteiger partial charge < -0.3 is 0 Å². The molecule has 108 valence electrons. The molecule has 0 saturated carbocycles. The van der Waals surface area contributed by atoms with Gasteiger partial charge in [-0.05, 0) is 25.9 Å². The summed E-state index contributed by atoms with van der Waals surface area (Å²) in [7, 11) is -3.07. The summed E-state index contributed by atoms with van der Waals surface area (Å²) in [6, 6.07) is 0. The zero-order chi connectivity index (χ0) is 14.4. The maximum atomic E-state index is 12.4. The molecule has 4 nitrogen and oxygen atoms in total. The van der Waals surface area contributed by atoms with E-state index in [1.165, 1.54) is 6.26 Å². The molecule has 0 spiro atoms. The highest BCUT2D eigenvalue weighted by atomic mass is 32.2. The summed E-state index contributed by atoms with van der Waals surface area (Å²) in [5.74, 6) is 0.0103. The van der Waals surface area contributed by atoms with Gasteiger partial charge in [-0.1, -0.05) is 27.7 Å².